The molecule has 1 aliphatic heterocycles. The van der Waals surface area contributed by atoms with E-state index in [0.717, 1.165) is 18.7 Å². The fourth-order valence-electron chi connectivity index (χ4n) is 2.79. The zero-order valence-corrected chi connectivity index (χ0v) is 9.88. The molecule has 78 valence electrons. The standard InChI is InChI=1S/C12H12BrNO/c13-10-5-6-11(15)12(10)7-14-9-4-2-1-3-8(9)12/h1-4,10,14H,5-7H2. The molecule has 0 saturated heterocycles. The second kappa shape index (κ2) is 3.08. The maximum absolute atomic E-state index is 12.1. The van der Waals surface area contributed by atoms with Gasteiger partial charge in [-0.05, 0) is 18.1 Å². The van der Waals surface area contributed by atoms with Crippen LogP contribution in [0.5, 0.6) is 0 Å². The molecule has 1 aromatic rings. The molecule has 3 heteroatoms. The van der Waals surface area contributed by atoms with Gasteiger partial charge < -0.3 is 5.32 Å². The van der Waals surface area contributed by atoms with Crippen molar-refractivity contribution in [2.75, 3.05) is 11.9 Å². The number of carbonyl (C=O) groups is 1. The minimum Gasteiger partial charge on any atom is -0.383 e. The molecule has 1 aliphatic carbocycles. The van der Waals surface area contributed by atoms with Crippen molar-refractivity contribution < 1.29 is 4.79 Å². The Balaban J connectivity index is 2.19. The molecule has 1 aromatic carbocycles. The molecule has 2 aliphatic rings. The second-order valence-corrected chi connectivity index (χ2v) is 5.41. The molecule has 2 unspecified atom stereocenters. The van der Waals surface area contributed by atoms with Crippen LogP contribution < -0.4 is 5.32 Å². The summed E-state index contributed by atoms with van der Waals surface area (Å²) >= 11 is 3.67. The summed E-state index contributed by atoms with van der Waals surface area (Å²) in [6, 6.07) is 8.15. The number of rotatable bonds is 0. The lowest BCUT2D eigenvalue weighted by Gasteiger charge is -2.25. The number of alkyl halides is 1. The summed E-state index contributed by atoms with van der Waals surface area (Å²) in [5.41, 5.74) is 2.00. The zero-order valence-electron chi connectivity index (χ0n) is 8.29. The number of nitrogens with one attached hydrogen (secondary N) is 1. The van der Waals surface area contributed by atoms with E-state index in [1.54, 1.807) is 0 Å². The van der Waals surface area contributed by atoms with E-state index in [2.05, 4.69) is 33.4 Å². The Labute approximate surface area is 97.2 Å². The van der Waals surface area contributed by atoms with E-state index in [-0.39, 0.29) is 10.2 Å². The van der Waals surface area contributed by atoms with E-state index in [1.165, 1.54) is 5.56 Å². The Morgan fingerprint density at radius 3 is 2.93 bits per heavy atom. The van der Waals surface area contributed by atoms with Crippen LogP contribution in [0.25, 0.3) is 0 Å². The maximum Gasteiger partial charge on any atom is 0.146 e. The Bertz CT molecular complexity index is 431. The molecule has 1 spiro atoms. The monoisotopic (exact) mass is 265 g/mol. The van der Waals surface area contributed by atoms with Crippen molar-refractivity contribution in [3.8, 4) is 0 Å². The van der Waals surface area contributed by atoms with E-state index >= 15 is 0 Å². The fourth-order valence-corrected chi connectivity index (χ4v) is 3.68. The van der Waals surface area contributed by atoms with Crippen molar-refractivity contribution in [3.05, 3.63) is 29.8 Å². The average molecular weight is 266 g/mol. The van der Waals surface area contributed by atoms with Crippen molar-refractivity contribution in [3.63, 3.8) is 0 Å². The smallest absolute Gasteiger partial charge is 0.146 e. The molecule has 1 saturated carbocycles. The Kier molecular flexibility index (Phi) is 1.93. The Morgan fingerprint density at radius 2 is 2.20 bits per heavy atom. The van der Waals surface area contributed by atoms with Gasteiger partial charge in [-0.25, -0.2) is 0 Å². The summed E-state index contributed by atoms with van der Waals surface area (Å²) < 4.78 is 0. The van der Waals surface area contributed by atoms with Crippen LogP contribution in [0, 0.1) is 0 Å². The number of hydrogen-bond donors (Lipinski definition) is 1. The first-order valence-electron chi connectivity index (χ1n) is 5.26. The molecular weight excluding hydrogens is 254 g/mol. The highest BCUT2D eigenvalue weighted by Crippen LogP contribution is 2.48. The highest BCUT2D eigenvalue weighted by molar-refractivity contribution is 9.09. The fraction of sp³-hybridized carbons (Fsp3) is 0.417. The molecule has 0 bridgehead atoms. The summed E-state index contributed by atoms with van der Waals surface area (Å²) in [6.07, 6.45) is 1.65. The molecule has 1 heterocycles. The molecule has 1 N–H and O–H groups in total. The molecule has 0 amide bonds. The molecular formula is C12H12BrNO. The first kappa shape index (κ1) is 9.40. The number of fused-ring (bicyclic) bond motifs is 2. The Hall–Kier alpha value is -0.830. The first-order valence-corrected chi connectivity index (χ1v) is 6.17. The largest absolute Gasteiger partial charge is 0.383 e. The van der Waals surface area contributed by atoms with Crippen LogP contribution in [-0.4, -0.2) is 17.2 Å². The van der Waals surface area contributed by atoms with Crippen molar-refractivity contribution in [1.82, 2.24) is 0 Å². The maximum atomic E-state index is 12.1. The number of para-hydroxylation sites is 1. The first-order chi connectivity index (χ1) is 7.25. The van der Waals surface area contributed by atoms with Gasteiger partial charge in [0.05, 0.1) is 5.41 Å². The number of Topliss-reactive ketones (excluding diaryl/α,β-unsaturated/α-hetero) is 1. The lowest BCUT2D eigenvalue weighted by molar-refractivity contribution is -0.121. The van der Waals surface area contributed by atoms with Gasteiger partial charge in [0.15, 0.2) is 0 Å². The number of ketones is 1. The van der Waals surface area contributed by atoms with Gasteiger partial charge in [-0.15, -0.1) is 0 Å². The van der Waals surface area contributed by atoms with Gasteiger partial charge in [-0.3, -0.25) is 4.79 Å². The molecule has 0 aromatic heterocycles. The lowest BCUT2D eigenvalue weighted by Crippen LogP contribution is -2.39. The predicted molar refractivity (Wildman–Crippen MR) is 63.6 cm³/mol. The third kappa shape index (κ3) is 1.07. The summed E-state index contributed by atoms with van der Waals surface area (Å²) in [4.78, 5) is 12.4. The highest BCUT2D eigenvalue weighted by Gasteiger charge is 2.53. The van der Waals surface area contributed by atoms with Crippen LogP contribution >= 0.6 is 15.9 Å². The lowest BCUT2D eigenvalue weighted by atomic mass is 9.80. The SMILES string of the molecule is O=C1CCC(Br)C12CNc1ccccc12. The van der Waals surface area contributed by atoms with E-state index in [0.29, 0.717) is 12.2 Å². The molecule has 1 fully saturated rings. The number of carbonyl (C=O) groups excluding carboxylic acids is 1. The third-order valence-corrected chi connectivity index (χ3v) is 4.86. The summed E-state index contributed by atoms with van der Waals surface area (Å²) in [7, 11) is 0. The van der Waals surface area contributed by atoms with Crippen LogP contribution in [0.15, 0.2) is 24.3 Å². The number of hydrogen-bond acceptors (Lipinski definition) is 2. The van der Waals surface area contributed by atoms with Gasteiger partial charge in [-0.2, -0.15) is 0 Å². The van der Waals surface area contributed by atoms with E-state index in [4.69, 9.17) is 0 Å². The quantitative estimate of drug-likeness (QED) is 0.731. The van der Waals surface area contributed by atoms with Crippen molar-refractivity contribution in [1.29, 1.82) is 0 Å². The average Bonchev–Trinajstić information content (AvgIpc) is 2.77. The number of benzene rings is 1. The van der Waals surface area contributed by atoms with E-state index < -0.39 is 0 Å². The van der Waals surface area contributed by atoms with Gasteiger partial charge in [0.2, 0.25) is 0 Å². The highest BCUT2D eigenvalue weighted by atomic mass is 79.9. The summed E-state index contributed by atoms with van der Waals surface area (Å²) in [5.74, 6) is 0.377. The van der Waals surface area contributed by atoms with Crippen molar-refractivity contribution in [2.45, 2.75) is 23.1 Å². The normalized spacial score (nSPS) is 33.1. The van der Waals surface area contributed by atoms with E-state index in [9.17, 15) is 4.79 Å². The number of halogens is 1. The molecule has 15 heavy (non-hydrogen) atoms. The van der Waals surface area contributed by atoms with Crippen LogP contribution in [0.2, 0.25) is 0 Å². The second-order valence-electron chi connectivity index (χ2n) is 4.30. The van der Waals surface area contributed by atoms with Gasteiger partial charge in [0.1, 0.15) is 5.78 Å². The Morgan fingerprint density at radius 1 is 1.40 bits per heavy atom. The number of anilines is 1. The van der Waals surface area contributed by atoms with Gasteiger partial charge in [0.25, 0.3) is 0 Å². The van der Waals surface area contributed by atoms with Gasteiger partial charge in [0, 0.05) is 23.5 Å². The van der Waals surface area contributed by atoms with Crippen LogP contribution in [0.1, 0.15) is 18.4 Å². The predicted octanol–water partition coefficient (Wildman–Crippen LogP) is 2.48. The third-order valence-electron chi connectivity index (χ3n) is 3.62. The minimum absolute atomic E-state index is 0.286. The molecule has 2 nitrogen and oxygen atoms in total. The summed E-state index contributed by atoms with van der Waals surface area (Å²) in [5, 5.41) is 3.34. The van der Waals surface area contributed by atoms with Crippen molar-refractivity contribution >= 4 is 27.4 Å². The topological polar surface area (TPSA) is 29.1 Å². The minimum atomic E-state index is -0.295. The van der Waals surface area contributed by atoms with Gasteiger partial charge in [-0.1, -0.05) is 34.1 Å². The van der Waals surface area contributed by atoms with Gasteiger partial charge >= 0.3 is 0 Å². The van der Waals surface area contributed by atoms with Crippen molar-refractivity contribution in [2.24, 2.45) is 0 Å². The molecule has 0 radical (unpaired) electrons. The van der Waals surface area contributed by atoms with Crippen LogP contribution in [0.3, 0.4) is 0 Å². The molecule has 2 atom stereocenters. The van der Waals surface area contributed by atoms with Crippen LogP contribution in [-0.2, 0) is 10.2 Å². The molecule has 3 rings (SSSR count). The summed E-state index contributed by atoms with van der Waals surface area (Å²) in [6.45, 7) is 0.751. The van der Waals surface area contributed by atoms with E-state index in [1.807, 2.05) is 12.1 Å². The van der Waals surface area contributed by atoms with Crippen LogP contribution in [0.4, 0.5) is 5.69 Å². The zero-order chi connectivity index (χ0) is 10.5.